The van der Waals surface area contributed by atoms with Gasteiger partial charge in [-0.15, -0.1) is 0 Å². The van der Waals surface area contributed by atoms with Crippen LogP contribution in [0.2, 0.25) is 0 Å². The monoisotopic (exact) mass is 351 g/mol. The van der Waals surface area contributed by atoms with Crippen LogP contribution in [0.1, 0.15) is 22.3 Å². The van der Waals surface area contributed by atoms with Crippen LogP contribution in [0, 0.1) is 24.3 Å². The average Bonchev–Trinajstić information content (AvgIpc) is 2.35. The van der Waals surface area contributed by atoms with Gasteiger partial charge in [-0.25, -0.2) is 0 Å². The van der Waals surface area contributed by atoms with Crippen LogP contribution in [-0.4, -0.2) is 0 Å². The molecule has 0 saturated heterocycles. The molecule has 0 amide bonds. The first-order valence-electron chi connectivity index (χ1n) is 6.12. The van der Waals surface area contributed by atoms with Gasteiger partial charge in [0.25, 0.3) is 0 Å². The summed E-state index contributed by atoms with van der Waals surface area (Å²) in [6.45, 7) is 7.32. The molecule has 0 aliphatic rings. The number of benzene rings is 2. The molecule has 2 rings (SSSR count). The summed E-state index contributed by atoms with van der Waals surface area (Å²) < 4.78 is 1.30. The summed E-state index contributed by atoms with van der Waals surface area (Å²) in [5, 5.41) is 3.47. The molecule has 0 bridgehead atoms. The third-order valence-corrected chi connectivity index (χ3v) is 4.40. The molecule has 18 heavy (non-hydrogen) atoms. The molecule has 0 aromatic heterocycles. The van der Waals surface area contributed by atoms with Crippen molar-refractivity contribution in [3.63, 3.8) is 0 Å². The maximum absolute atomic E-state index is 3.47. The van der Waals surface area contributed by atoms with E-state index in [1.54, 1.807) is 0 Å². The van der Waals surface area contributed by atoms with Gasteiger partial charge < -0.3 is 5.32 Å². The van der Waals surface area contributed by atoms with Gasteiger partial charge in [0.05, 0.1) is 0 Å². The summed E-state index contributed by atoms with van der Waals surface area (Å²) in [5.41, 5.74) is 6.54. The molecule has 0 spiro atoms. The van der Waals surface area contributed by atoms with Crippen LogP contribution >= 0.6 is 22.6 Å². The molecule has 0 unspecified atom stereocenters. The van der Waals surface area contributed by atoms with E-state index in [4.69, 9.17) is 0 Å². The Hall–Kier alpha value is -1.03. The van der Waals surface area contributed by atoms with E-state index in [0.29, 0.717) is 0 Å². The van der Waals surface area contributed by atoms with Crippen molar-refractivity contribution in [1.29, 1.82) is 0 Å². The fraction of sp³-hybridized carbons (Fsp3) is 0.250. The lowest BCUT2D eigenvalue weighted by Gasteiger charge is -2.09. The first-order valence-corrected chi connectivity index (χ1v) is 7.20. The molecule has 0 aliphatic carbocycles. The maximum Gasteiger partial charge on any atom is 0.0400 e. The Kier molecular flexibility index (Phi) is 4.27. The molecule has 2 aromatic carbocycles. The van der Waals surface area contributed by atoms with E-state index < -0.39 is 0 Å². The Bertz CT molecular complexity index is 510. The van der Waals surface area contributed by atoms with Crippen molar-refractivity contribution in [2.75, 3.05) is 5.32 Å². The fourth-order valence-corrected chi connectivity index (χ4v) is 2.34. The highest BCUT2D eigenvalue weighted by molar-refractivity contribution is 14.1. The van der Waals surface area contributed by atoms with Crippen LogP contribution in [-0.2, 0) is 6.54 Å². The van der Waals surface area contributed by atoms with Crippen molar-refractivity contribution in [2.24, 2.45) is 0 Å². The molecule has 2 heteroatoms. The number of halogens is 1. The quantitative estimate of drug-likeness (QED) is 0.781. The van der Waals surface area contributed by atoms with E-state index in [-0.39, 0.29) is 0 Å². The lowest BCUT2D eigenvalue weighted by molar-refractivity contribution is 1.13. The van der Waals surface area contributed by atoms with Gasteiger partial charge in [0.2, 0.25) is 0 Å². The van der Waals surface area contributed by atoms with Crippen molar-refractivity contribution in [2.45, 2.75) is 27.3 Å². The number of hydrogen-bond donors (Lipinski definition) is 1. The predicted molar refractivity (Wildman–Crippen MR) is 87.1 cm³/mol. The summed E-state index contributed by atoms with van der Waals surface area (Å²) in [5.74, 6) is 0. The first kappa shape index (κ1) is 13.4. The highest BCUT2D eigenvalue weighted by Gasteiger charge is 1.99. The third-order valence-electron chi connectivity index (χ3n) is 3.24. The van der Waals surface area contributed by atoms with Crippen molar-refractivity contribution in [3.05, 3.63) is 62.2 Å². The number of hydrogen-bond acceptors (Lipinski definition) is 1. The highest BCUT2D eigenvalue weighted by Crippen LogP contribution is 2.18. The summed E-state index contributed by atoms with van der Waals surface area (Å²) in [7, 11) is 0. The van der Waals surface area contributed by atoms with E-state index in [2.05, 4.69) is 85.1 Å². The van der Waals surface area contributed by atoms with Crippen LogP contribution in [0.25, 0.3) is 0 Å². The minimum atomic E-state index is 0.875. The molecule has 0 heterocycles. The number of anilines is 1. The second kappa shape index (κ2) is 5.74. The van der Waals surface area contributed by atoms with E-state index >= 15 is 0 Å². The van der Waals surface area contributed by atoms with Crippen LogP contribution in [0.4, 0.5) is 5.69 Å². The Morgan fingerprint density at radius 2 is 1.61 bits per heavy atom. The SMILES string of the molecule is Cc1ccc(CNc2ccc(C)c(I)c2)cc1C. The summed E-state index contributed by atoms with van der Waals surface area (Å²) >= 11 is 2.37. The van der Waals surface area contributed by atoms with Crippen molar-refractivity contribution < 1.29 is 0 Å². The standard InChI is InChI=1S/C16H18IN/c1-11-4-6-14(8-13(11)3)10-18-15-7-5-12(2)16(17)9-15/h4-9,18H,10H2,1-3H3. The largest absolute Gasteiger partial charge is 0.381 e. The fourth-order valence-electron chi connectivity index (χ4n) is 1.82. The normalized spacial score (nSPS) is 10.4. The highest BCUT2D eigenvalue weighted by atomic mass is 127. The zero-order chi connectivity index (χ0) is 13.1. The number of nitrogens with one attached hydrogen (secondary N) is 1. The Balaban J connectivity index is 2.06. The summed E-state index contributed by atoms with van der Waals surface area (Å²) in [6.07, 6.45) is 0. The lowest BCUT2D eigenvalue weighted by Crippen LogP contribution is -2.00. The Morgan fingerprint density at radius 1 is 0.889 bits per heavy atom. The molecule has 0 aliphatic heterocycles. The molecule has 0 saturated carbocycles. The topological polar surface area (TPSA) is 12.0 Å². The lowest BCUT2D eigenvalue weighted by atomic mass is 10.1. The van der Waals surface area contributed by atoms with Gasteiger partial charge >= 0.3 is 0 Å². The molecule has 1 nitrogen and oxygen atoms in total. The molecule has 2 aromatic rings. The molecular weight excluding hydrogens is 333 g/mol. The molecule has 0 fully saturated rings. The van der Waals surface area contributed by atoms with Gasteiger partial charge in [-0.1, -0.05) is 24.3 Å². The van der Waals surface area contributed by atoms with E-state index in [1.165, 1.54) is 31.5 Å². The van der Waals surface area contributed by atoms with Crippen molar-refractivity contribution in [3.8, 4) is 0 Å². The molecule has 1 N–H and O–H groups in total. The zero-order valence-electron chi connectivity index (χ0n) is 11.0. The molecule has 94 valence electrons. The van der Waals surface area contributed by atoms with Crippen LogP contribution in [0.3, 0.4) is 0 Å². The van der Waals surface area contributed by atoms with Gasteiger partial charge in [-0.05, 0) is 77.7 Å². The van der Waals surface area contributed by atoms with Gasteiger partial charge in [-0.3, -0.25) is 0 Å². The number of aryl methyl sites for hydroxylation is 3. The number of rotatable bonds is 3. The van der Waals surface area contributed by atoms with Crippen molar-refractivity contribution >= 4 is 28.3 Å². The predicted octanol–water partition coefficient (Wildman–Crippen LogP) is 4.83. The Morgan fingerprint density at radius 3 is 2.28 bits per heavy atom. The van der Waals surface area contributed by atoms with Gasteiger partial charge in [0.15, 0.2) is 0 Å². The van der Waals surface area contributed by atoms with Crippen LogP contribution in [0.5, 0.6) is 0 Å². The van der Waals surface area contributed by atoms with Gasteiger partial charge in [0, 0.05) is 15.8 Å². The summed E-state index contributed by atoms with van der Waals surface area (Å²) in [4.78, 5) is 0. The maximum atomic E-state index is 3.47. The van der Waals surface area contributed by atoms with Gasteiger partial charge in [-0.2, -0.15) is 0 Å². The molecule has 0 atom stereocenters. The minimum absolute atomic E-state index is 0.875. The third kappa shape index (κ3) is 3.25. The minimum Gasteiger partial charge on any atom is -0.381 e. The van der Waals surface area contributed by atoms with E-state index in [1.807, 2.05) is 0 Å². The smallest absolute Gasteiger partial charge is 0.0400 e. The first-order chi connectivity index (χ1) is 8.56. The second-order valence-electron chi connectivity index (χ2n) is 4.74. The molecular formula is C16H18IN. The zero-order valence-corrected chi connectivity index (χ0v) is 13.2. The van der Waals surface area contributed by atoms with Crippen molar-refractivity contribution in [1.82, 2.24) is 0 Å². The van der Waals surface area contributed by atoms with Crippen LogP contribution in [0.15, 0.2) is 36.4 Å². The average molecular weight is 351 g/mol. The van der Waals surface area contributed by atoms with Gasteiger partial charge in [0.1, 0.15) is 0 Å². The summed E-state index contributed by atoms with van der Waals surface area (Å²) in [6, 6.07) is 13.1. The van der Waals surface area contributed by atoms with Crippen LogP contribution < -0.4 is 5.32 Å². The van der Waals surface area contributed by atoms with E-state index in [0.717, 1.165) is 6.54 Å². The molecule has 0 radical (unpaired) electrons. The Labute approximate surface area is 123 Å². The second-order valence-corrected chi connectivity index (χ2v) is 5.90. The van der Waals surface area contributed by atoms with E-state index in [9.17, 15) is 0 Å².